The van der Waals surface area contributed by atoms with E-state index in [1.165, 1.54) is 12.0 Å². The maximum atomic E-state index is 10.3. The van der Waals surface area contributed by atoms with Gasteiger partial charge >= 0.3 is 0 Å². The van der Waals surface area contributed by atoms with E-state index in [1.807, 2.05) is 64.1 Å². The normalized spacial score (nSPS) is 12.5. The SMILES string of the molecule is CC.CC.CCC(C)CCc1ccc(N2Nc3ccccc3N2)c(O)c1. The molecule has 0 spiro atoms. The Kier molecular flexibility index (Phi) is 9.42. The number of hydrogen-bond donors (Lipinski definition) is 3. The molecule has 4 heteroatoms. The Morgan fingerprint density at radius 1 is 0.962 bits per heavy atom. The van der Waals surface area contributed by atoms with Crippen LogP contribution in [0.2, 0.25) is 0 Å². The van der Waals surface area contributed by atoms with Gasteiger partial charge in [0.25, 0.3) is 0 Å². The molecule has 3 rings (SSSR count). The first-order valence-corrected chi connectivity index (χ1v) is 9.91. The van der Waals surface area contributed by atoms with Crippen molar-refractivity contribution >= 4 is 17.1 Å². The molecule has 4 nitrogen and oxygen atoms in total. The molecule has 1 aliphatic rings. The number of benzene rings is 2. The Morgan fingerprint density at radius 3 is 2.04 bits per heavy atom. The molecule has 26 heavy (non-hydrogen) atoms. The van der Waals surface area contributed by atoms with Gasteiger partial charge in [0.1, 0.15) is 11.4 Å². The van der Waals surface area contributed by atoms with E-state index in [9.17, 15) is 5.11 Å². The lowest BCUT2D eigenvalue weighted by molar-refractivity contribution is 0.473. The highest BCUT2D eigenvalue weighted by Gasteiger charge is 2.19. The number of hydrazine groups is 2. The van der Waals surface area contributed by atoms with Crippen LogP contribution in [0.25, 0.3) is 0 Å². The Labute approximate surface area is 159 Å². The first kappa shape index (κ1) is 21.7. The summed E-state index contributed by atoms with van der Waals surface area (Å²) in [4.78, 5) is 0. The van der Waals surface area contributed by atoms with Gasteiger partial charge in [-0.2, -0.15) is 5.12 Å². The molecule has 1 atom stereocenters. The zero-order valence-corrected chi connectivity index (χ0v) is 17.1. The van der Waals surface area contributed by atoms with Gasteiger partial charge < -0.3 is 5.11 Å². The number of nitrogens with one attached hydrogen (secondary N) is 2. The molecule has 0 fully saturated rings. The van der Waals surface area contributed by atoms with Crippen LogP contribution in [0.3, 0.4) is 0 Å². The number of rotatable bonds is 5. The molecule has 1 heterocycles. The lowest BCUT2D eigenvalue weighted by Crippen LogP contribution is -2.29. The zero-order valence-electron chi connectivity index (χ0n) is 17.1. The van der Waals surface area contributed by atoms with Crippen LogP contribution in [0.1, 0.15) is 59.9 Å². The molecular weight excluding hydrogens is 322 g/mol. The quantitative estimate of drug-likeness (QED) is 0.564. The fourth-order valence-corrected chi connectivity index (χ4v) is 2.60. The first-order valence-electron chi connectivity index (χ1n) is 9.91. The van der Waals surface area contributed by atoms with Crippen molar-refractivity contribution in [2.45, 2.75) is 60.8 Å². The summed E-state index contributed by atoms with van der Waals surface area (Å²) in [5.41, 5.74) is 10.4. The predicted octanol–water partition coefficient (Wildman–Crippen LogP) is 6.60. The average Bonchev–Trinajstić information content (AvgIpc) is 3.13. The molecule has 1 unspecified atom stereocenters. The van der Waals surface area contributed by atoms with Crippen molar-refractivity contribution in [1.29, 1.82) is 0 Å². The van der Waals surface area contributed by atoms with Crippen molar-refractivity contribution in [1.82, 2.24) is 0 Å². The van der Waals surface area contributed by atoms with Crippen molar-refractivity contribution in [2.24, 2.45) is 5.92 Å². The Bertz CT molecular complexity index is 633. The van der Waals surface area contributed by atoms with Gasteiger partial charge in [-0.1, -0.05) is 66.2 Å². The second-order valence-electron chi connectivity index (χ2n) is 5.98. The molecule has 144 valence electrons. The van der Waals surface area contributed by atoms with Crippen LogP contribution in [0, 0.1) is 5.92 Å². The van der Waals surface area contributed by atoms with E-state index in [4.69, 9.17) is 0 Å². The van der Waals surface area contributed by atoms with Gasteiger partial charge in [-0.25, -0.2) is 0 Å². The summed E-state index contributed by atoms with van der Waals surface area (Å²) >= 11 is 0. The van der Waals surface area contributed by atoms with Gasteiger partial charge in [0.05, 0.1) is 11.4 Å². The maximum Gasteiger partial charge on any atom is 0.143 e. The van der Waals surface area contributed by atoms with Crippen LogP contribution >= 0.6 is 0 Å². The molecular formula is C22H35N3O. The number of para-hydroxylation sites is 2. The third-order valence-corrected chi connectivity index (χ3v) is 4.30. The van der Waals surface area contributed by atoms with Gasteiger partial charge in [0, 0.05) is 0 Å². The average molecular weight is 358 g/mol. The van der Waals surface area contributed by atoms with Crippen molar-refractivity contribution < 1.29 is 5.11 Å². The molecule has 0 radical (unpaired) electrons. The van der Waals surface area contributed by atoms with E-state index in [0.29, 0.717) is 0 Å². The second-order valence-corrected chi connectivity index (χ2v) is 5.98. The van der Waals surface area contributed by atoms with Crippen LogP contribution < -0.4 is 16.0 Å². The molecule has 0 saturated carbocycles. The third-order valence-electron chi connectivity index (χ3n) is 4.30. The van der Waals surface area contributed by atoms with E-state index >= 15 is 0 Å². The third kappa shape index (κ3) is 5.58. The number of aromatic hydroxyl groups is 1. The van der Waals surface area contributed by atoms with E-state index in [-0.39, 0.29) is 5.75 Å². The fraction of sp³-hybridized carbons (Fsp3) is 0.455. The first-order chi connectivity index (χ1) is 12.7. The van der Waals surface area contributed by atoms with Gasteiger partial charge in [-0.05, 0) is 48.6 Å². The van der Waals surface area contributed by atoms with Gasteiger partial charge in [-0.3, -0.25) is 10.9 Å². The molecule has 0 bridgehead atoms. The van der Waals surface area contributed by atoms with Crippen molar-refractivity contribution in [3.05, 3.63) is 48.0 Å². The van der Waals surface area contributed by atoms with Crippen LogP contribution in [0.15, 0.2) is 42.5 Å². The summed E-state index contributed by atoms with van der Waals surface area (Å²) in [5.74, 6) is 1.01. The highest BCUT2D eigenvalue weighted by molar-refractivity contribution is 5.80. The van der Waals surface area contributed by atoms with E-state index < -0.39 is 0 Å². The van der Waals surface area contributed by atoms with Crippen molar-refractivity contribution in [3.8, 4) is 5.75 Å². The number of hydrogen-bond acceptors (Lipinski definition) is 4. The minimum absolute atomic E-state index is 0.287. The van der Waals surface area contributed by atoms with Crippen LogP contribution in [0.5, 0.6) is 5.75 Å². The number of phenolic OH excluding ortho intramolecular Hbond substituents is 1. The number of nitrogens with zero attached hydrogens (tertiary/aromatic N) is 1. The molecule has 3 N–H and O–H groups in total. The van der Waals surface area contributed by atoms with Gasteiger partial charge in [-0.15, -0.1) is 0 Å². The molecule has 1 aliphatic heterocycles. The molecule has 2 aromatic rings. The smallest absolute Gasteiger partial charge is 0.143 e. The maximum absolute atomic E-state index is 10.3. The zero-order chi connectivity index (χ0) is 19.5. The summed E-state index contributed by atoms with van der Waals surface area (Å²) in [5, 5.41) is 12.1. The Hall–Kier alpha value is -2.36. The predicted molar refractivity (Wildman–Crippen MR) is 115 cm³/mol. The number of fused-ring (bicyclic) bond motifs is 1. The fourth-order valence-electron chi connectivity index (χ4n) is 2.60. The second kappa shape index (κ2) is 11.3. The van der Waals surface area contributed by atoms with Crippen molar-refractivity contribution in [3.63, 3.8) is 0 Å². The van der Waals surface area contributed by atoms with Gasteiger partial charge in [0.15, 0.2) is 0 Å². The van der Waals surface area contributed by atoms with Crippen LogP contribution in [-0.4, -0.2) is 5.11 Å². The summed E-state index contributed by atoms with van der Waals surface area (Å²) in [6.07, 6.45) is 3.36. The lowest BCUT2D eigenvalue weighted by atomic mass is 9.99. The monoisotopic (exact) mass is 357 g/mol. The number of aryl methyl sites for hydroxylation is 1. The molecule has 0 saturated heterocycles. The van der Waals surface area contributed by atoms with Crippen molar-refractivity contribution in [2.75, 3.05) is 16.0 Å². The highest BCUT2D eigenvalue weighted by Crippen LogP contribution is 2.35. The summed E-state index contributed by atoms with van der Waals surface area (Å²) in [6, 6.07) is 13.9. The Morgan fingerprint density at radius 2 is 1.54 bits per heavy atom. The van der Waals surface area contributed by atoms with E-state index in [1.54, 1.807) is 5.12 Å². The highest BCUT2D eigenvalue weighted by atomic mass is 16.3. The minimum atomic E-state index is 0.287. The standard InChI is InChI=1S/C18H23N3O.2C2H6/c1-3-13(2)8-9-14-10-11-17(18(22)12-14)21-19-15-6-4-5-7-16(15)20-21;2*1-2/h4-7,10-13,19-20,22H,3,8-9H2,1-2H3;2*1-2H3. The van der Waals surface area contributed by atoms with Crippen LogP contribution in [-0.2, 0) is 6.42 Å². The summed E-state index contributed by atoms with van der Waals surface area (Å²) in [7, 11) is 0. The van der Waals surface area contributed by atoms with E-state index in [2.05, 4.69) is 30.8 Å². The van der Waals surface area contributed by atoms with Crippen LogP contribution in [0.4, 0.5) is 17.1 Å². The van der Waals surface area contributed by atoms with Gasteiger partial charge in [0.2, 0.25) is 0 Å². The molecule has 0 aromatic heterocycles. The lowest BCUT2D eigenvalue weighted by Gasteiger charge is -2.20. The topological polar surface area (TPSA) is 47.5 Å². The summed E-state index contributed by atoms with van der Waals surface area (Å²) in [6.45, 7) is 12.5. The number of anilines is 3. The molecule has 2 aromatic carbocycles. The number of phenols is 1. The Balaban J connectivity index is 0.000000791. The largest absolute Gasteiger partial charge is 0.506 e. The molecule has 0 amide bonds. The molecule has 0 aliphatic carbocycles. The minimum Gasteiger partial charge on any atom is -0.506 e. The summed E-state index contributed by atoms with van der Waals surface area (Å²) < 4.78 is 0. The van der Waals surface area contributed by atoms with E-state index in [0.717, 1.165) is 35.8 Å².